The van der Waals surface area contributed by atoms with Crippen molar-refractivity contribution in [2.75, 3.05) is 4.90 Å². The molecule has 2 heterocycles. The molecule has 0 fully saturated rings. The molecule has 3 nitrogen and oxygen atoms in total. The summed E-state index contributed by atoms with van der Waals surface area (Å²) in [4.78, 5) is 2.41. The largest absolute Gasteiger partial charge is 0.455 e. The summed E-state index contributed by atoms with van der Waals surface area (Å²) in [6, 6.07) is 87.7. The van der Waals surface area contributed by atoms with E-state index < -0.39 is 0 Å². The molecule has 0 atom stereocenters. The number of fused-ring (bicyclic) bond motifs is 9. The van der Waals surface area contributed by atoms with Gasteiger partial charge >= 0.3 is 0 Å². The van der Waals surface area contributed by atoms with Crippen LogP contribution in [0, 0.1) is 0 Å². The van der Waals surface area contributed by atoms with Gasteiger partial charge in [0.15, 0.2) is 0 Å². The maximum absolute atomic E-state index is 6.38. The Labute approximate surface area is 376 Å². The van der Waals surface area contributed by atoms with Crippen molar-refractivity contribution < 1.29 is 4.42 Å². The van der Waals surface area contributed by atoms with E-state index in [1.54, 1.807) is 0 Å². The maximum Gasteiger partial charge on any atom is 0.143 e. The molecule has 304 valence electrons. The Hall–Kier alpha value is -8.66. The quantitative estimate of drug-likeness (QED) is 0.149. The molecular formula is C62H40N2O. The Bertz CT molecular complexity index is 3880. The minimum Gasteiger partial charge on any atom is -0.455 e. The topological polar surface area (TPSA) is 21.3 Å². The second-order valence-corrected chi connectivity index (χ2v) is 16.8. The molecule has 11 aromatic carbocycles. The predicted octanol–water partition coefficient (Wildman–Crippen LogP) is 17.5. The fourth-order valence-corrected chi connectivity index (χ4v) is 10.2. The summed E-state index contributed by atoms with van der Waals surface area (Å²) >= 11 is 0. The molecule has 0 bridgehead atoms. The van der Waals surface area contributed by atoms with E-state index in [2.05, 4.69) is 240 Å². The molecular weight excluding hydrogens is 789 g/mol. The normalized spacial score (nSPS) is 11.7. The molecule has 0 N–H and O–H groups in total. The number of rotatable bonds is 7. The van der Waals surface area contributed by atoms with Gasteiger partial charge in [-0.25, -0.2) is 0 Å². The lowest BCUT2D eigenvalue weighted by Crippen LogP contribution is -2.10. The van der Waals surface area contributed by atoms with Gasteiger partial charge in [0.1, 0.15) is 11.2 Å². The number of furan rings is 1. The smallest absolute Gasteiger partial charge is 0.143 e. The van der Waals surface area contributed by atoms with Gasteiger partial charge in [-0.15, -0.1) is 0 Å². The summed E-state index contributed by atoms with van der Waals surface area (Å²) in [5.41, 5.74) is 15.6. The summed E-state index contributed by atoms with van der Waals surface area (Å²) < 4.78 is 8.80. The fourth-order valence-electron chi connectivity index (χ4n) is 10.2. The van der Waals surface area contributed by atoms with Crippen LogP contribution >= 0.6 is 0 Å². The van der Waals surface area contributed by atoms with E-state index in [-0.39, 0.29) is 0 Å². The van der Waals surface area contributed by atoms with Gasteiger partial charge in [0.25, 0.3) is 0 Å². The molecule has 0 radical (unpaired) electrons. The average molecular weight is 829 g/mol. The molecule has 65 heavy (non-hydrogen) atoms. The van der Waals surface area contributed by atoms with Crippen molar-refractivity contribution in [3.05, 3.63) is 243 Å². The third-order valence-electron chi connectivity index (χ3n) is 13.2. The second kappa shape index (κ2) is 15.0. The highest BCUT2D eigenvalue weighted by Gasteiger charge is 2.20. The van der Waals surface area contributed by atoms with E-state index in [0.717, 1.165) is 72.5 Å². The van der Waals surface area contributed by atoms with Crippen molar-refractivity contribution in [2.45, 2.75) is 0 Å². The SMILES string of the molecule is c1ccc(-n2c3ccccc3c3ccccc32)c(-c2ccc(N(c3ccc(-c4ccc(-c5cccc6c5oc5ccccc56)cc4)cc3)c3cc4ccccc4c4ccccc34)cc2)c1. The number of aromatic nitrogens is 1. The molecule has 2 aromatic heterocycles. The van der Waals surface area contributed by atoms with Crippen molar-refractivity contribution in [1.82, 2.24) is 4.57 Å². The molecule has 3 heteroatoms. The number of benzene rings is 11. The number of hydrogen-bond acceptors (Lipinski definition) is 2. The molecule has 0 unspecified atom stereocenters. The maximum atomic E-state index is 6.38. The molecule has 0 aliphatic carbocycles. The van der Waals surface area contributed by atoms with Gasteiger partial charge in [-0.3, -0.25) is 0 Å². The lowest BCUT2D eigenvalue weighted by Gasteiger charge is -2.28. The summed E-state index contributed by atoms with van der Waals surface area (Å²) in [5, 5.41) is 9.68. The Morgan fingerprint density at radius 3 is 1.51 bits per heavy atom. The van der Waals surface area contributed by atoms with Gasteiger partial charge in [0.05, 0.1) is 22.4 Å². The highest BCUT2D eigenvalue weighted by Crippen LogP contribution is 2.44. The minimum absolute atomic E-state index is 0.911. The molecule has 0 saturated carbocycles. The first-order valence-corrected chi connectivity index (χ1v) is 22.2. The van der Waals surface area contributed by atoms with Gasteiger partial charge in [-0.05, 0) is 93.0 Å². The van der Waals surface area contributed by atoms with Crippen LogP contribution in [0.2, 0.25) is 0 Å². The second-order valence-electron chi connectivity index (χ2n) is 16.8. The van der Waals surface area contributed by atoms with Crippen LogP contribution < -0.4 is 4.90 Å². The zero-order valence-electron chi connectivity index (χ0n) is 35.4. The van der Waals surface area contributed by atoms with E-state index in [9.17, 15) is 0 Å². The minimum atomic E-state index is 0.911. The third kappa shape index (κ3) is 6.05. The Kier molecular flexibility index (Phi) is 8.53. The standard InChI is InChI=1S/C62H40N2O/c1-2-15-48-45(14-1)40-60(52-18-4-3-17-51(48)52)63(46-36-32-42(33-37-46)41-28-30-44(31-29-41)50-22-13-23-56-55-21-8-12-27-61(55)65-62(50)56)47-38-34-43(35-39-47)49-16-5-9-24-57(49)64-58-25-10-6-19-53(58)54-20-7-11-26-59(54)64/h1-40H. The van der Waals surface area contributed by atoms with Crippen LogP contribution in [-0.2, 0) is 0 Å². The fraction of sp³-hybridized carbons (Fsp3) is 0. The monoisotopic (exact) mass is 828 g/mol. The number of hydrogen-bond donors (Lipinski definition) is 0. The molecule has 0 aliphatic rings. The van der Waals surface area contributed by atoms with Crippen LogP contribution in [0.25, 0.3) is 104 Å². The molecule has 0 saturated heterocycles. The summed E-state index contributed by atoms with van der Waals surface area (Å²) in [6.45, 7) is 0. The van der Waals surface area contributed by atoms with Crippen molar-refractivity contribution in [2.24, 2.45) is 0 Å². The lowest BCUT2D eigenvalue weighted by atomic mass is 9.97. The van der Waals surface area contributed by atoms with Gasteiger partial charge < -0.3 is 13.9 Å². The Morgan fingerprint density at radius 2 is 0.800 bits per heavy atom. The number of nitrogens with zero attached hydrogens (tertiary/aromatic N) is 2. The van der Waals surface area contributed by atoms with E-state index in [0.29, 0.717) is 0 Å². The number of anilines is 3. The van der Waals surface area contributed by atoms with Gasteiger partial charge in [0, 0.05) is 49.4 Å². The van der Waals surface area contributed by atoms with Crippen LogP contribution in [0.15, 0.2) is 247 Å². The van der Waals surface area contributed by atoms with E-state index in [1.807, 2.05) is 12.1 Å². The average Bonchev–Trinajstić information content (AvgIpc) is 3.93. The lowest BCUT2D eigenvalue weighted by molar-refractivity contribution is 0.670. The van der Waals surface area contributed by atoms with Crippen molar-refractivity contribution in [3.63, 3.8) is 0 Å². The first-order valence-electron chi connectivity index (χ1n) is 22.2. The molecule has 13 aromatic rings. The van der Waals surface area contributed by atoms with Gasteiger partial charge in [-0.2, -0.15) is 0 Å². The van der Waals surface area contributed by atoms with Crippen molar-refractivity contribution in [1.29, 1.82) is 0 Å². The molecule has 0 spiro atoms. The highest BCUT2D eigenvalue weighted by atomic mass is 16.3. The van der Waals surface area contributed by atoms with E-state index in [1.165, 1.54) is 48.9 Å². The zero-order valence-corrected chi connectivity index (χ0v) is 35.4. The molecule has 0 aliphatic heterocycles. The van der Waals surface area contributed by atoms with Crippen molar-refractivity contribution >= 4 is 82.4 Å². The number of para-hydroxylation sites is 5. The molecule has 13 rings (SSSR count). The van der Waals surface area contributed by atoms with E-state index >= 15 is 0 Å². The first kappa shape index (κ1) is 36.9. The first-order chi connectivity index (χ1) is 32.2. The summed E-state index contributed by atoms with van der Waals surface area (Å²) in [5.74, 6) is 0. The van der Waals surface area contributed by atoms with Crippen LogP contribution in [0.1, 0.15) is 0 Å². The Morgan fingerprint density at radius 1 is 0.323 bits per heavy atom. The van der Waals surface area contributed by atoms with Crippen LogP contribution in [-0.4, -0.2) is 4.57 Å². The Balaban J connectivity index is 0.905. The zero-order chi connectivity index (χ0) is 42.8. The van der Waals surface area contributed by atoms with Gasteiger partial charge in [-0.1, -0.05) is 188 Å². The van der Waals surface area contributed by atoms with Crippen LogP contribution in [0.4, 0.5) is 17.1 Å². The van der Waals surface area contributed by atoms with Crippen LogP contribution in [0.5, 0.6) is 0 Å². The summed E-state index contributed by atoms with van der Waals surface area (Å²) in [6.07, 6.45) is 0. The van der Waals surface area contributed by atoms with E-state index in [4.69, 9.17) is 4.42 Å². The highest BCUT2D eigenvalue weighted by molar-refractivity contribution is 6.15. The van der Waals surface area contributed by atoms with Crippen LogP contribution in [0.3, 0.4) is 0 Å². The van der Waals surface area contributed by atoms with Crippen molar-refractivity contribution in [3.8, 4) is 39.1 Å². The summed E-state index contributed by atoms with van der Waals surface area (Å²) in [7, 11) is 0. The van der Waals surface area contributed by atoms with Gasteiger partial charge in [0.2, 0.25) is 0 Å². The molecule has 0 amide bonds. The third-order valence-corrected chi connectivity index (χ3v) is 13.2. The predicted molar refractivity (Wildman–Crippen MR) is 274 cm³/mol.